The van der Waals surface area contributed by atoms with E-state index in [-0.39, 0.29) is 10.8 Å². The zero-order chi connectivity index (χ0) is 28.6. The minimum absolute atomic E-state index is 0.0648. The lowest BCUT2D eigenvalue weighted by Crippen LogP contribution is -2.43. The van der Waals surface area contributed by atoms with E-state index in [1.807, 2.05) is 11.3 Å². The molecular formula is C40H33NS. The van der Waals surface area contributed by atoms with Crippen LogP contribution in [-0.2, 0) is 10.8 Å². The van der Waals surface area contributed by atoms with Crippen LogP contribution in [0.5, 0.6) is 0 Å². The molecule has 1 heterocycles. The van der Waals surface area contributed by atoms with E-state index >= 15 is 0 Å². The number of hydrogen-bond donors (Lipinski definition) is 0. The van der Waals surface area contributed by atoms with Crippen molar-refractivity contribution in [1.29, 1.82) is 0 Å². The lowest BCUT2D eigenvalue weighted by atomic mass is 9.55. The summed E-state index contributed by atoms with van der Waals surface area (Å²) in [7, 11) is 0. The highest BCUT2D eigenvalue weighted by atomic mass is 32.1. The van der Waals surface area contributed by atoms with Crippen LogP contribution >= 0.6 is 11.3 Å². The third-order valence-corrected chi connectivity index (χ3v) is 11.2. The van der Waals surface area contributed by atoms with Gasteiger partial charge in [0.2, 0.25) is 0 Å². The largest absolute Gasteiger partial charge is 0.310 e. The maximum Gasteiger partial charge on any atom is 0.0464 e. The maximum atomic E-state index is 2.46. The van der Waals surface area contributed by atoms with Gasteiger partial charge in [-0.15, -0.1) is 11.3 Å². The number of hydrogen-bond acceptors (Lipinski definition) is 2. The molecule has 0 aliphatic heterocycles. The topological polar surface area (TPSA) is 3.24 Å². The number of anilines is 3. The van der Waals surface area contributed by atoms with Crippen LogP contribution in [0.15, 0.2) is 127 Å². The molecule has 2 heteroatoms. The van der Waals surface area contributed by atoms with Gasteiger partial charge in [-0.2, -0.15) is 0 Å². The van der Waals surface area contributed by atoms with Crippen LogP contribution < -0.4 is 4.90 Å². The molecule has 6 aromatic carbocycles. The Kier molecular flexibility index (Phi) is 5.45. The first-order valence-corrected chi connectivity index (χ1v) is 15.6. The van der Waals surface area contributed by atoms with Gasteiger partial charge in [-0.1, -0.05) is 113 Å². The molecule has 0 saturated carbocycles. The summed E-state index contributed by atoms with van der Waals surface area (Å²) in [5.41, 5.74) is 8.99. The molecule has 0 bridgehead atoms. The first-order valence-electron chi connectivity index (χ1n) is 14.8. The fraction of sp³-hybridized carbons (Fsp3) is 0.150. The van der Waals surface area contributed by atoms with Gasteiger partial charge >= 0.3 is 0 Å². The molecule has 0 N–H and O–H groups in total. The highest BCUT2D eigenvalue weighted by Crippen LogP contribution is 2.58. The molecule has 0 atom stereocenters. The minimum atomic E-state index is -0.0819. The quantitative estimate of drug-likeness (QED) is 0.208. The molecule has 0 spiro atoms. The third kappa shape index (κ3) is 3.48. The van der Waals surface area contributed by atoms with Crippen LogP contribution in [0, 0.1) is 0 Å². The Balaban J connectivity index is 1.42. The Morgan fingerprint density at radius 2 is 1.17 bits per heavy atom. The van der Waals surface area contributed by atoms with Crippen molar-refractivity contribution in [3.63, 3.8) is 0 Å². The van der Waals surface area contributed by atoms with Crippen LogP contribution in [0.25, 0.3) is 42.1 Å². The lowest BCUT2D eigenvalue weighted by molar-refractivity contribution is 0.299. The van der Waals surface area contributed by atoms with Gasteiger partial charge in [-0.25, -0.2) is 0 Å². The zero-order valence-electron chi connectivity index (χ0n) is 24.5. The molecule has 7 aromatic rings. The number of nitrogens with zero attached hydrogens (tertiary/aromatic N) is 1. The summed E-state index contributed by atoms with van der Waals surface area (Å²) in [6, 6.07) is 46.8. The van der Waals surface area contributed by atoms with Gasteiger partial charge < -0.3 is 4.90 Å². The predicted molar refractivity (Wildman–Crippen MR) is 183 cm³/mol. The highest BCUT2D eigenvalue weighted by molar-refractivity contribution is 7.26. The number of para-hydroxylation sites is 2. The second-order valence-corrected chi connectivity index (χ2v) is 13.7. The van der Waals surface area contributed by atoms with Gasteiger partial charge in [0, 0.05) is 42.8 Å². The van der Waals surface area contributed by atoms with Crippen LogP contribution in [-0.4, -0.2) is 0 Å². The van der Waals surface area contributed by atoms with Crippen molar-refractivity contribution in [3.05, 3.63) is 139 Å². The van der Waals surface area contributed by atoms with Gasteiger partial charge in [0.25, 0.3) is 0 Å². The van der Waals surface area contributed by atoms with E-state index in [0.717, 1.165) is 11.4 Å². The Morgan fingerprint density at radius 1 is 0.524 bits per heavy atom. The Hall–Kier alpha value is -4.40. The monoisotopic (exact) mass is 559 g/mol. The van der Waals surface area contributed by atoms with Crippen LogP contribution in [0.3, 0.4) is 0 Å². The van der Waals surface area contributed by atoms with E-state index in [4.69, 9.17) is 0 Å². The van der Waals surface area contributed by atoms with Gasteiger partial charge in [0.05, 0.1) is 0 Å². The van der Waals surface area contributed by atoms with E-state index in [0.29, 0.717) is 0 Å². The first kappa shape index (κ1) is 25.3. The highest BCUT2D eigenvalue weighted by Gasteiger charge is 2.46. The van der Waals surface area contributed by atoms with E-state index in [1.165, 1.54) is 58.9 Å². The summed E-state index contributed by atoms with van der Waals surface area (Å²) in [5, 5.41) is 5.40. The van der Waals surface area contributed by atoms with E-state index in [9.17, 15) is 0 Å². The molecule has 1 nitrogen and oxygen atoms in total. The van der Waals surface area contributed by atoms with Gasteiger partial charge in [-0.3, -0.25) is 0 Å². The second kappa shape index (κ2) is 9.05. The molecule has 204 valence electrons. The van der Waals surface area contributed by atoms with Crippen molar-refractivity contribution in [3.8, 4) is 11.1 Å². The van der Waals surface area contributed by atoms with E-state index < -0.39 is 0 Å². The normalized spacial score (nSPS) is 15.0. The van der Waals surface area contributed by atoms with E-state index in [2.05, 4.69) is 160 Å². The summed E-state index contributed by atoms with van der Waals surface area (Å²) in [6.07, 6.45) is 0. The van der Waals surface area contributed by atoms with Crippen molar-refractivity contribution >= 4 is 59.3 Å². The van der Waals surface area contributed by atoms with Crippen LogP contribution in [0.2, 0.25) is 0 Å². The number of thiophene rings is 1. The number of fused-ring (bicyclic) bond motifs is 9. The average Bonchev–Trinajstić information content (AvgIpc) is 3.41. The molecule has 1 aliphatic rings. The summed E-state index contributed by atoms with van der Waals surface area (Å²) >= 11 is 1.95. The lowest BCUT2D eigenvalue weighted by Gasteiger charge is -2.48. The van der Waals surface area contributed by atoms with Gasteiger partial charge in [0.1, 0.15) is 0 Å². The minimum Gasteiger partial charge on any atom is -0.310 e. The zero-order valence-corrected chi connectivity index (χ0v) is 25.3. The molecule has 1 aliphatic carbocycles. The summed E-state index contributed by atoms with van der Waals surface area (Å²) in [5.74, 6) is 0. The number of benzene rings is 6. The molecule has 0 fully saturated rings. The molecule has 0 saturated heterocycles. The fourth-order valence-corrected chi connectivity index (χ4v) is 8.36. The van der Waals surface area contributed by atoms with Gasteiger partial charge in [0.15, 0.2) is 0 Å². The summed E-state index contributed by atoms with van der Waals surface area (Å²) in [6.45, 7) is 9.72. The Labute approximate surface area is 251 Å². The fourth-order valence-electron chi connectivity index (χ4n) is 7.08. The average molecular weight is 560 g/mol. The van der Waals surface area contributed by atoms with Crippen molar-refractivity contribution in [1.82, 2.24) is 0 Å². The van der Waals surface area contributed by atoms with Crippen molar-refractivity contribution in [2.45, 2.75) is 38.5 Å². The molecule has 8 rings (SSSR count). The first-order chi connectivity index (χ1) is 20.4. The number of rotatable bonds is 3. The second-order valence-electron chi connectivity index (χ2n) is 12.6. The molecule has 42 heavy (non-hydrogen) atoms. The smallest absolute Gasteiger partial charge is 0.0464 e. The molecule has 1 aromatic heterocycles. The summed E-state index contributed by atoms with van der Waals surface area (Å²) in [4.78, 5) is 2.38. The van der Waals surface area contributed by atoms with E-state index in [1.54, 1.807) is 0 Å². The van der Waals surface area contributed by atoms with Crippen molar-refractivity contribution < 1.29 is 0 Å². The Morgan fingerprint density at radius 3 is 1.88 bits per heavy atom. The molecule has 0 radical (unpaired) electrons. The van der Waals surface area contributed by atoms with Crippen molar-refractivity contribution in [2.75, 3.05) is 4.90 Å². The van der Waals surface area contributed by atoms with Crippen LogP contribution in [0.1, 0.15) is 38.8 Å². The van der Waals surface area contributed by atoms with Crippen LogP contribution in [0.4, 0.5) is 17.1 Å². The standard InChI is InChI=1S/C40H33NS/c1-39(2)33-23-22-32-36-30-18-12-11-13-26(30)19-24-35(36)42-38(32)37(33)31-21-20-29(25-34(31)40(39,3)4)41(27-14-7-5-8-15-27)28-16-9-6-10-17-28/h5-25H,1-4H3. The van der Waals surface area contributed by atoms with Gasteiger partial charge in [-0.05, 0) is 80.8 Å². The maximum absolute atomic E-state index is 2.46. The Bertz CT molecular complexity index is 2090. The van der Waals surface area contributed by atoms with Crippen molar-refractivity contribution in [2.24, 2.45) is 0 Å². The molecule has 0 unspecified atom stereocenters. The molecular weight excluding hydrogens is 527 g/mol. The molecule has 0 amide bonds. The third-order valence-electron chi connectivity index (χ3n) is 10.00. The summed E-state index contributed by atoms with van der Waals surface area (Å²) < 4.78 is 2.76. The SMILES string of the molecule is CC1(C)c2cc(N(c3ccccc3)c3ccccc3)ccc2-c2c(ccc3c2sc2ccc4ccccc4c23)C1(C)C. The predicted octanol–water partition coefficient (Wildman–Crippen LogP) is 11.9.